The summed E-state index contributed by atoms with van der Waals surface area (Å²) in [4.78, 5) is 24.4. The summed E-state index contributed by atoms with van der Waals surface area (Å²) in [6.07, 6.45) is 0. The molecule has 2 aliphatic rings. The maximum atomic E-state index is 11.7. The summed E-state index contributed by atoms with van der Waals surface area (Å²) in [6.45, 7) is 0. The molecular weight excluding hydrogens is 261 g/mol. The van der Waals surface area contributed by atoms with Gasteiger partial charge in [-0.25, -0.2) is 4.79 Å². The summed E-state index contributed by atoms with van der Waals surface area (Å²) in [5, 5.41) is -0.0170. The van der Waals surface area contributed by atoms with Crippen LogP contribution in [0.5, 0.6) is 0 Å². The van der Waals surface area contributed by atoms with Crippen molar-refractivity contribution in [3.8, 4) is 0 Å². The molecule has 2 heterocycles. The van der Waals surface area contributed by atoms with Gasteiger partial charge in [-0.05, 0) is 0 Å². The largest absolute Gasteiger partial charge is 0.467 e. The average Bonchev–Trinajstić information content (AvgIpc) is 2.75. The van der Waals surface area contributed by atoms with Gasteiger partial charge in [0, 0.05) is 5.75 Å². The molecule has 0 aromatic heterocycles. The second-order valence-electron chi connectivity index (χ2n) is 3.10. The van der Waals surface area contributed by atoms with Gasteiger partial charge in [0.15, 0.2) is 0 Å². The molecule has 1 saturated heterocycles. The molecule has 0 unspecified atom stereocenters. The fraction of sp³-hybridized carbons (Fsp3) is 0.500. The second-order valence-corrected chi connectivity index (χ2v) is 5.00. The van der Waals surface area contributed by atoms with E-state index in [0.29, 0.717) is 10.8 Å². The van der Waals surface area contributed by atoms with E-state index in [-0.39, 0.29) is 10.4 Å². The first-order valence-corrected chi connectivity index (χ1v) is 5.95. The van der Waals surface area contributed by atoms with Gasteiger partial charge in [-0.3, -0.25) is 4.79 Å². The van der Waals surface area contributed by atoms with Gasteiger partial charge in [-0.1, -0.05) is 23.2 Å². The molecule has 4 nitrogen and oxygen atoms in total. The van der Waals surface area contributed by atoms with Crippen molar-refractivity contribution < 1.29 is 14.3 Å². The van der Waals surface area contributed by atoms with E-state index in [2.05, 4.69) is 4.74 Å². The van der Waals surface area contributed by atoms with Gasteiger partial charge >= 0.3 is 5.97 Å². The fourth-order valence-corrected chi connectivity index (χ4v) is 3.56. The Bertz CT molecular complexity index is 371. The number of carbonyl (C=O) groups is 2. The molecular formula is C8H7Cl2NO3S. The number of ether oxygens (including phenoxy) is 1. The van der Waals surface area contributed by atoms with Crippen molar-refractivity contribution >= 4 is 46.8 Å². The van der Waals surface area contributed by atoms with Gasteiger partial charge in [0.1, 0.15) is 16.4 Å². The van der Waals surface area contributed by atoms with Crippen molar-refractivity contribution in [2.24, 2.45) is 0 Å². The molecule has 1 amide bonds. The molecule has 0 aromatic rings. The van der Waals surface area contributed by atoms with Crippen LogP contribution < -0.4 is 0 Å². The molecule has 0 saturated carbocycles. The number of halogens is 2. The first-order chi connectivity index (χ1) is 7.07. The van der Waals surface area contributed by atoms with Crippen LogP contribution in [0, 0.1) is 0 Å². The lowest BCUT2D eigenvalue weighted by Crippen LogP contribution is -2.43. The highest BCUT2D eigenvalue weighted by molar-refractivity contribution is 8.00. The molecule has 2 aliphatic heterocycles. The summed E-state index contributed by atoms with van der Waals surface area (Å²) in [5.41, 5.74) is 0. The lowest BCUT2D eigenvalue weighted by atomic mass is 10.3. The van der Waals surface area contributed by atoms with Crippen molar-refractivity contribution in [2.75, 3.05) is 12.9 Å². The third-order valence-electron chi connectivity index (χ3n) is 2.32. The number of nitrogens with zero attached hydrogens (tertiary/aromatic N) is 1. The highest BCUT2D eigenvalue weighted by Gasteiger charge is 2.49. The lowest BCUT2D eigenvalue weighted by Gasteiger charge is -2.21. The molecule has 0 aliphatic carbocycles. The molecule has 82 valence electrons. The molecule has 0 bridgehead atoms. The Morgan fingerprint density at radius 3 is 2.87 bits per heavy atom. The number of thioether (sulfide) groups is 1. The first-order valence-electron chi connectivity index (χ1n) is 4.15. The van der Waals surface area contributed by atoms with Crippen molar-refractivity contribution in [2.45, 2.75) is 11.4 Å². The Morgan fingerprint density at radius 2 is 2.27 bits per heavy atom. The van der Waals surface area contributed by atoms with Crippen LogP contribution in [-0.4, -0.2) is 41.1 Å². The van der Waals surface area contributed by atoms with E-state index in [9.17, 15) is 9.59 Å². The quantitative estimate of drug-likeness (QED) is 0.669. The van der Waals surface area contributed by atoms with Gasteiger partial charge in [0.2, 0.25) is 0 Å². The third-order valence-corrected chi connectivity index (χ3v) is 4.60. The third kappa shape index (κ3) is 1.53. The van der Waals surface area contributed by atoms with Crippen molar-refractivity contribution in [3.05, 3.63) is 10.1 Å². The van der Waals surface area contributed by atoms with Crippen LogP contribution in [0.1, 0.15) is 0 Å². The topological polar surface area (TPSA) is 46.6 Å². The minimum absolute atomic E-state index is 0.00256. The standard InChI is InChI=1S/C8H7Cl2NO3S/c1-14-8(13)3-2-15-7-5(10)4(9)6(12)11(3)7/h3,7H,2H2,1H3/t3-,7+/m0/s1. The average molecular weight is 268 g/mol. The minimum Gasteiger partial charge on any atom is -0.467 e. The van der Waals surface area contributed by atoms with Crippen molar-refractivity contribution in [1.82, 2.24) is 4.90 Å². The Labute approximate surface area is 101 Å². The van der Waals surface area contributed by atoms with E-state index in [4.69, 9.17) is 23.2 Å². The second kappa shape index (κ2) is 3.88. The number of rotatable bonds is 1. The zero-order chi connectivity index (χ0) is 11.2. The summed E-state index contributed by atoms with van der Waals surface area (Å²) < 4.78 is 4.61. The van der Waals surface area contributed by atoms with E-state index in [1.54, 1.807) is 0 Å². The predicted molar refractivity (Wildman–Crippen MR) is 57.6 cm³/mol. The molecule has 1 fully saturated rings. The maximum absolute atomic E-state index is 11.7. The number of hydrogen-bond acceptors (Lipinski definition) is 4. The fourth-order valence-electron chi connectivity index (χ4n) is 1.59. The van der Waals surface area contributed by atoms with Gasteiger partial charge < -0.3 is 9.64 Å². The summed E-state index contributed by atoms with van der Waals surface area (Å²) >= 11 is 13.0. The Hall–Kier alpha value is -0.390. The zero-order valence-corrected chi connectivity index (χ0v) is 10.0. The van der Waals surface area contributed by atoms with Crippen molar-refractivity contribution in [3.63, 3.8) is 0 Å². The van der Waals surface area contributed by atoms with Gasteiger partial charge in [-0.2, -0.15) is 0 Å². The molecule has 0 spiro atoms. The van der Waals surface area contributed by atoms with E-state index in [1.807, 2.05) is 0 Å². The van der Waals surface area contributed by atoms with Gasteiger partial charge in [-0.15, -0.1) is 11.8 Å². The SMILES string of the molecule is COC(=O)[C@@H]1CS[C@@H]2C(Cl)=C(Cl)C(=O)N21. The van der Waals surface area contributed by atoms with Crippen LogP contribution in [0.4, 0.5) is 0 Å². The van der Waals surface area contributed by atoms with Gasteiger partial charge in [0.25, 0.3) is 5.91 Å². The van der Waals surface area contributed by atoms with E-state index in [0.717, 1.165) is 0 Å². The highest BCUT2D eigenvalue weighted by atomic mass is 35.5. The molecule has 0 radical (unpaired) electrons. The van der Waals surface area contributed by atoms with Crippen LogP contribution in [0.2, 0.25) is 0 Å². The number of methoxy groups -OCH3 is 1. The number of amides is 1. The summed E-state index contributed by atoms with van der Waals surface area (Å²) in [5.74, 6) is -0.343. The molecule has 2 rings (SSSR count). The Balaban J connectivity index is 2.27. The Kier molecular flexibility index (Phi) is 2.87. The maximum Gasteiger partial charge on any atom is 0.329 e. The zero-order valence-electron chi connectivity index (χ0n) is 7.70. The van der Waals surface area contributed by atoms with E-state index in [1.165, 1.54) is 23.8 Å². The molecule has 15 heavy (non-hydrogen) atoms. The lowest BCUT2D eigenvalue weighted by molar-refractivity contribution is -0.149. The summed E-state index contributed by atoms with van der Waals surface area (Å²) in [6, 6.07) is -0.581. The molecule has 0 aromatic carbocycles. The number of hydrogen-bond donors (Lipinski definition) is 0. The smallest absolute Gasteiger partial charge is 0.329 e. The van der Waals surface area contributed by atoms with Crippen LogP contribution in [0.25, 0.3) is 0 Å². The monoisotopic (exact) mass is 267 g/mol. The highest BCUT2D eigenvalue weighted by Crippen LogP contribution is 2.44. The first kappa shape index (κ1) is 11.1. The molecule has 0 N–H and O–H groups in total. The molecule has 2 atom stereocenters. The predicted octanol–water partition coefficient (Wildman–Crippen LogP) is 1.13. The van der Waals surface area contributed by atoms with Crippen LogP contribution >= 0.6 is 35.0 Å². The summed E-state index contributed by atoms with van der Waals surface area (Å²) in [7, 11) is 1.29. The van der Waals surface area contributed by atoms with E-state index >= 15 is 0 Å². The van der Waals surface area contributed by atoms with Crippen LogP contribution in [0.15, 0.2) is 10.1 Å². The Morgan fingerprint density at radius 1 is 1.60 bits per heavy atom. The van der Waals surface area contributed by atoms with Crippen LogP contribution in [-0.2, 0) is 14.3 Å². The normalized spacial score (nSPS) is 29.8. The van der Waals surface area contributed by atoms with E-state index < -0.39 is 17.9 Å². The minimum atomic E-state index is -0.581. The molecule has 7 heteroatoms. The van der Waals surface area contributed by atoms with Crippen molar-refractivity contribution in [1.29, 1.82) is 0 Å². The number of fused-ring (bicyclic) bond motifs is 1. The number of esters is 1. The van der Waals surface area contributed by atoms with Crippen LogP contribution in [0.3, 0.4) is 0 Å². The number of carbonyl (C=O) groups excluding carboxylic acids is 2. The van der Waals surface area contributed by atoms with Gasteiger partial charge in [0.05, 0.1) is 12.1 Å².